The standard InChI is InChI=1S/C14H10Br2FNO2/c1-20-9-3-4-10(12(17)7-9)14(19)18-13-5-2-8(15)6-11(13)16/h2-7H,1H3,(H,18,19). The van der Waals surface area contributed by atoms with Crippen LogP contribution in [-0.4, -0.2) is 13.0 Å². The number of nitrogens with one attached hydrogen (secondary N) is 1. The molecule has 0 fully saturated rings. The molecular weight excluding hydrogens is 393 g/mol. The Morgan fingerprint density at radius 1 is 1.20 bits per heavy atom. The van der Waals surface area contributed by atoms with Gasteiger partial charge in [0.25, 0.3) is 5.91 Å². The van der Waals surface area contributed by atoms with Crippen molar-refractivity contribution in [3.8, 4) is 5.75 Å². The first-order chi connectivity index (χ1) is 9.51. The fourth-order valence-electron chi connectivity index (χ4n) is 1.59. The van der Waals surface area contributed by atoms with Crippen molar-refractivity contribution in [2.75, 3.05) is 12.4 Å². The lowest BCUT2D eigenvalue weighted by Crippen LogP contribution is -2.14. The molecule has 2 rings (SSSR count). The molecule has 20 heavy (non-hydrogen) atoms. The quantitative estimate of drug-likeness (QED) is 0.813. The number of methoxy groups -OCH3 is 1. The fraction of sp³-hybridized carbons (Fsp3) is 0.0714. The highest BCUT2D eigenvalue weighted by Crippen LogP contribution is 2.27. The number of ether oxygens (including phenoxy) is 1. The zero-order chi connectivity index (χ0) is 14.7. The largest absolute Gasteiger partial charge is 0.497 e. The summed E-state index contributed by atoms with van der Waals surface area (Å²) in [5.41, 5.74) is 0.522. The lowest BCUT2D eigenvalue weighted by Gasteiger charge is -2.09. The van der Waals surface area contributed by atoms with Crippen LogP contribution in [0.1, 0.15) is 10.4 Å². The van der Waals surface area contributed by atoms with E-state index in [0.717, 1.165) is 4.47 Å². The van der Waals surface area contributed by atoms with Crippen LogP contribution in [0.3, 0.4) is 0 Å². The minimum absolute atomic E-state index is 0.0411. The Morgan fingerprint density at radius 2 is 1.95 bits per heavy atom. The van der Waals surface area contributed by atoms with Gasteiger partial charge in [-0.1, -0.05) is 15.9 Å². The lowest BCUT2D eigenvalue weighted by molar-refractivity contribution is 0.102. The summed E-state index contributed by atoms with van der Waals surface area (Å²) in [7, 11) is 1.44. The Hall–Kier alpha value is -1.40. The summed E-state index contributed by atoms with van der Waals surface area (Å²) in [4.78, 5) is 12.0. The van der Waals surface area contributed by atoms with Gasteiger partial charge in [-0.05, 0) is 46.3 Å². The van der Waals surface area contributed by atoms with Crippen LogP contribution in [-0.2, 0) is 0 Å². The van der Waals surface area contributed by atoms with Crippen molar-refractivity contribution in [3.63, 3.8) is 0 Å². The van der Waals surface area contributed by atoms with E-state index in [-0.39, 0.29) is 5.56 Å². The molecule has 0 aromatic heterocycles. The lowest BCUT2D eigenvalue weighted by atomic mass is 10.2. The zero-order valence-electron chi connectivity index (χ0n) is 10.4. The number of anilines is 1. The molecule has 0 saturated carbocycles. The molecule has 0 heterocycles. The van der Waals surface area contributed by atoms with E-state index >= 15 is 0 Å². The van der Waals surface area contributed by atoms with Crippen molar-refractivity contribution in [2.45, 2.75) is 0 Å². The molecule has 3 nitrogen and oxygen atoms in total. The SMILES string of the molecule is COc1ccc(C(=O)Nc2ccc(Br)cc2Br)c(F)c1. The third-order valence-corrected chi connectivity index (χ3v) is 3.75. The summed E-state index contributed by atoms with van der Waals surface area (Å²) in [6.07, 6.45) is 0. The number of carbonyl (C=O) groups is 1. The minimum Gasteiger partial charge on any atom is -0.497 e. The Bertz CT molecular complexity index is 662. The van der Waals surface area contributed by atoms with Crippen LogP contribution in [0.2, 0.25) is 0 Å². The van der Waals surface area contributed by atoms with Crippen molar-refractivity contribution in [2.24, 2.45) is 0 Å². The first kappa shape index (κ1) is 15.0. The maximum Gasteiger partial charge on any atom is 0.258 e. The van der Waals surface area contributed by atoms with Gasteiger partial charge in [0.2, 0.25) is 0 Å². The molecule has 2 aromatic carbocycles. The van der Waals surface area contributed by atoms with E-state index in [9.17, 15) is 9.18 Å². The average molecular weight is 403 g/mol. The zero-order valence-corrected chi connectivity index (χ0v) is 13.6. The van der Waals surface area contributed by atoms with E-state index in [2.05, 4.69) is 37.2 Å². The van der Waals surface area contributed by atoms with Gasteiger partial charge in [0.05, 0.1) is 18.4 Å². The van der Waals surface area contributed by atoms with E-state index in [1.165, 1.54) is 25.3 Å². The van der Waals surface area contributed by atoms with Crippen LogP contribution in [0.4, 0.5) is 10.1 Å². The maximum atomic E-state index is 13.8. The van der Waals surface area contributed by atoms with E-state index in [4.69, 9.17) is 4.74 Å². The van der Waals surface area contributed by atoms with E-state index in [1.807, 2.05) is 0 Å². The average Bonchev–Trinajstić information content (AvgIpc) is 2.41. The van der Waals surface area contributed by atoms with Crippen molar-refractivity contribution in [3.05, 3.63) is 56.7 Å². The summed E-state index contributed by atoms with van der Waals surface area (Å²) >= 11 is 6.65. The third kappa shape index (κ3) is 3.37. The molecular formula is C14H10Br2FNO2. The topological polar surface area (TPSA) is 38.3 Å². The summed E-state index contributed by atoms with van der Waals surface area (Å²) in [6, 6.07) is 9.38. The van der Waals surface area contributed by atoms with Gasteiger partial charge in [-0.25, -0.2) is 4.39 Å². The molecule has 0 aliphatic heterocycles. The highest BCUT2D eigenvalue weighted by molar-refractivity contribution is 9.11. The fourth-order valence-corrected chi connectivity index (χ4v) is 2.73. The first-order valence-corrected chi connectivity index (χ1v) is 7.20. The van der Waals surface area contributed by atoms with Crippen molar-refractivity contribution >= 4 is 43.5 Å². The summed E-state index contributed by atoms with van der Waals surface area (Å²) < 4.78 is 20.3. The van der Waals surface area contributed by atoms with Gasteiger partial charge in [0, 0.05) is 15.0 Å². The van der Waals surface area contributed by atoms with Gasteiger partial charge in [0.15, 0.2) is 0 Å². The van der Waals surface area contributed by atoms with E-state index < -0.39 is 11.7 Å². The number of hydrogen-bond acceptors (Lipinski definition) is 2. The minimum atomic E-state index is -0.630. The second kappa shape index (κ2) is 6.37. The van der Waals surface area contributed by atoms with Crippen LogP contribution in [0.5, 0.6) is 5.75 Å². The van der Waals surface area contributed by atoms with Crippen molar-refractivity contribution in [1.29, 1.82) is 0 Å². The number of hydrogen-bond donors (Lipinski definition) is 1. The van der Waals surface area contributed by atoms with Gasteiger partial charge in [-0.3, -0.25) is 4.79 Å². The molecule has 1 N–H and O–H groups in total. The Kier molecular flexibility index (Phi) is 4.77. The van der Waals surface area contributed by atoms with Crippen LogP contribution < -0.4 is 10.1 Å². The molecule has 0 unspecified atom stereocenters. The van der Waals surface area contributed by atoms with Gasteiger partial charge < -0.3 is 10.1 Å². The number of rotatable bonds is 3. The molecule has 0 spiro atoms. The van der Waals surface area contributed by atoms with Crippen molar-refractivity contribution in [1.82, 2.24) is 0 Å². The summed E-state index contributed by atoms with van der Waals surface area (Å²) in [6.45, 7) is 0. The highest BCUT2D eigenvalue weighted by Gasteiger charge is 2.14. The Morgan fingerprint density at radius 3 is 2.55 bits per heavy atom. The Labute approximate surface area is 132 Å². The smallest absolute Gasteiger partial charge is 0.258 e. The van der Waals surface area contributed by atoms with E-state index in [1.54, 1.807) is 18.2 Å². The molecule has 1 amide bonds. The predicted molar refractivity (Wildman–Crippen MR) is 82.7 cm³/mol. The number of amides is 1. The number of carbonyl (C=O) groups excluding carboxylic acids is 1. The number of halogens is 3. The Balaban J connectivity index is 2.24. The molecule has 0 atom stereocenters. The van der Waals surface area contributed by atoms with Crippen LogP contribution in [0.25, 0.3) is 0 Å². The second-order valence-corrected chi connectivity index (χ2v) is 5.69. The molecule has 2 aromatic rings. The highest BCUT2D eigenvalue weighted by atomic mass is 79.9. The summed E-state index contributed by atoms with van der Waals surface area (Å²) in [5.74, 6) is -0.785. The predicted octanol–water partition coefficient (Wildman–Crippen LogP) is 4.61. The second-order valence-electron chi connectivity index (χ2n) is 3.92. The molecule has 6 heteroatoms. The molecule has 0 aliphatic carbocycles. The third-order valence-electron chi connectivity index (χ3n) is 2.60. The van der Waals surface area contributed by atoms with E-state index in [0.29, 0.717) is 15.9 Å². The molecule has 0 saturated heterocycles. The first-order valence-electron chi connectivity index (χ1n) is 5.61. The van der Waals surface area contributed by atoms with Crippen LogP contribution in [0, 0.1) is 5.82 Å². The van der Waals surface area contributed by atoms with Gasteiger partial charge >= 0.3 is 0 Å². The number of benzene rings is 2. The van der Waals surface area contributed by atoms with Crippen molar-refractivity contribution < 1.29 is 13.9 Å². The summed E-state index contributed by atoms with van der Waals surface area (Å²) in [5, 5.41) is 2.64. The monoisotopic (exact) mass is 401 g/mol. The van der Waals surface area contributed by atoms with Crippen LogP contribution >= 0.6 is 31.9 Å². The normalized spacial score (nSPS) is 10.2. The molecule has 104 valence electrons. The molecule has 0 radical (unpaired) electrons. The molecule has 0 aliphatic rings. The van der Waals surface area contributed by atoms with Gasteiger partial charge in [0.1, 0.15) is 11.6 Å². The van der Waals surface area contributed by atoms with Crippen LogP contribution in [0.15, 0.2) is 45.3 Å². The van der Waals surface area contributed by atoms with Gasteiger partial charge in [-0.15, -0.1) is 0 Å². The van der Waals surface area contributed by atoms with Gasteiger partial charge in [-0.2, -0.15) is 0 Å². The maximum absolute atomic E-state index is 13.8. The molecule has 0 bridgehead atoms.